The highest BCUT2D eigenvalue weighted by Crippen LogP contribution is 2.24. The first-order valence-corrected chi connectivity index (χ1v) is 7.55. The lowest BCUT2D eigenvalue weighted by molar-refractivity contribution is 0.0945. The number of rotatable bonds is 5. The average molecular weight is 300 g/mol. The molecule has 2 heterocycles. The molecule has 0 saturated carbocycles. The lowest BCUT2D eigenvalue weighted by atomic mass is 10.2. The molecule has 6 nitrogen and oxygen atoms in total. The van der Waals surface area contributed by atoms with Gasteiger partial charge in [-0.05, 0) is 38.1 Å². The molecule has 0 atom stereocenters. The first-order valence-electron chi connectivity index (χ1n) is 7.55. The van der Waals surface area contributed by atoms with Crippen molar-refractivity contribution in [3.8, 4) is 11.5 Å². The molecule has 1 aliphatic heterocycles. The SMILES string of the molecule is Nc1ccccc1-c1nc(C(=O)NCCN2CCCC2)co1. The van der Waals surface area contributed by atoms with E-state index >= 15 is 0 Å². The van der Waals surface area contributed by atoms with Crippen LogP contribution in [0.4, 0.5) is 5.69 Å². The quantitative estimate of drug-likeness (QED) is 0.822. The van der Waals surface area contributed by atoms with Gasteiger partial charge in [-0.1, -0.05) is 12.1 Å². The third kappa shape index (κ3) is 3.28. The van der Waals surface area contributed by atoms with E-state index < -0.39 is 0 Å². The molecule has 1 amide bonds. The van der Waals surface area contributed by atoms with Gasteiger partial charge in [-0.15, -0.1) is 0 Å². The number of nitrogens with two attached hydrogens (primary N) is 1. The van der Waals surface area contributed by atoms with Gasteiger partial charge in [0.1, 0.15) is 6.26 Å². The Morgan fingerprint density at radius 3 is 2.86 bits per heavy atom. The van der Waals surface area contributed by atoms with Gasteiger partial charge >= 0.3 is 0 Å². The van der Waals surface area contributed by atoms with E-state index in [1.54, 1.807) is 6.07 Å². The zero-order valence-corrected chi connectivity index (χ0v) is 12.4. The van der Waals surface area contributed by atoms with Gasteiger partial charge in [-0.25, -0.2) is 4.98 Å². The topological polar surface area (TPSA) is 84.4 Å². The minimum atomic E-state index is -0.219. The van der Waals surface area contributed by atoms with Crippen molar-refractivity contribution in [2.24, 2.45) is 0 Å². The van der Waals surface area contributed by atoms with E-state index in [4.69, 9.17) is 10.2 Å². The lowest BCUT2D eigenvalue weighted by Crippen LogP contribution is -2.33. The number of likely N-dealkylation sites (tertiary alicyclic amines) is 1. The van der Waals surface area contributed by atoms with Crippen LogP contribution in [0.15, 0.2) is 34.9 Å². The molecule has 2 aromatic rings. The van der Waals surface area contributed by atoms with Crippen molar-refractivity contribution in [3.05, 3.63) is 36.2 Å². The number of para-hydroxylation sites is 1. The minimum Gasteiger partial charge on any atom is -0.444 e. The second-order valence-corrected chi connectivity index (χ2v) is 5.43. The summed E-state index contributed by atoms with van der Waals surface area (Å²) in [5.41, 5.74) is 7.43. The summed E-state index contributed by atoms with van der Waals surface area (Å²) in [5.74, 6) is 0.145. The molecular formula is C16H20N4O2. The van der Waals surface area contributed by atoms with Crippen molar-refractivity contribution >= 4 is 11.6 Å². The molecule has 1 aliphatic rings. The maximum atomic E-state index is 12.1. The van der Waals surface area contributed by atoms with Gasteiger partial charge in [0.2, 0.25) is 5.89 Å². The summed E-state index contributed by atoms with van der Waals surface area (Å²) in [6, 6.07) is 7.28. The number of carbonyl (C=O) groups is 1. The van der Waals surface area contributed by atoms with E-state index in [1.807, 2.05) is 18.2 Å². The van der Waals surface area contributed by atoms with Gasteiger partial charge in [-0.2, -0.15) is 0 Å². The van der Waals surface area contributed by atoms with Crippen molar-refractivity contribution in [2.45, 2.75) is 12.8 Å². The Hall–Kier alpha value is -2.34. The zero-order chi connectivity index (χ0) is 15.4. The van der Waals surface area contributed by atoms with Crippen LogP contribution in [0.1, 0.15) is 23.3 Å². The van der Waals surface area contributed by atoms with Crippen molar-refractivity contribution in [3.63, 3.8) is 0 Å². The number of oxazole rings is 1. The second kappa shape index (κ2) is 6.62. The Bertz CT molecular complexity index is 647. The molecule has 1 aromatic heterocycles. The van der Waals surface area contributed by atoms with Crippen LogP contribution in [0, 0.1) is 0 Å². The molecule has 1 fully saturated rings. The van der Waals surface area contributed by atoms with Crippen molar-refractivity contribution in [2.75, 3.05) is 31.9 Å². The predicted molar refractivity (Wildman–Crippen MR) is 84.4 cm³/mol. The van der Waals surface area contributed by atoms with Crippen LogP contribution in [0.2, 0.25) is 0 Å². The summed E-state index contributed by atoms with van der Waals surface area (Å²) in [6.45, 7) is 3.74. The fourth-order valence-corrected chi connectivity index (χ4v) is 2.62. The van der Waals surface area contributed by atoms with E-state index in [-0.39, 0.29) is 11.6 Å². The maximum absolute atomic E-state index is 12.1. The highest BCUT2D eigenvalue weighted by atomic mass is 16.3. The monoisotopic (exact) mass is 300 g/mol. The standard InChI is InChI=1S/C16H20N4O2/c17-13-6-2-1-5-12(13)16-19-14(11-22-16)15(21)18-7-10-20-8-3-4-9-20/h1-2,5-6,11H,3-4,7-10,17H2,(H,18,21). The number of carbonyl (C=O) groups excluding carboxylic acids is 1. The number of hydrogen-bond acceptors (Lipinski definition) is 5. The second-order valence-electron chi connectivity index (χ2n) is 5.43. The molecule has 0 spiro atoms. The Morgan fingerprint density at radius 1 is 1.32 bits per heavy atom. The first kappa shape index (κ1) is 14.6. The number of nitrogens with zero attached hydrogens (tertiary/aromatic N) is 2. The molecular weight excluding hydrogens is 280 g/mol. The van der Waals surface area contributed by atoms with Crippen LogP contribution < -0.4 is 11.1 Å². The summed E-state index contributed by atoms with van der Waals surface area (Å²) in [5, 5.41) is 2.87. The van der Waals surface area contributed by atoms with Gasteiger partial charge in [0.25, 0.3) is 5.91 Å². The third-order valence-corrected chi connectivity index (χ3v) is 3.84. The number of aromatic nitrogens is 1. The van der Waals surface area contributed by atoms with Crippen LogP contribution in [0.25, 0.3) is 11.5 Å². The van der Waals surface area contributed by atoms with Crippen LogP contribution >= 0.6 is 0 Å². The van der Waals surface area contributed by atoms with Crippen LogP contribution in [-0.2, 0) is 0 Å². The van der Waals surface area contributed by atoms with Gasteiger partial charge in [0.05, 0.1) is 5.56 Å². The Labute approximate surface area is 129 Å². The summed E-state index contributed by atoms with van der Waals surface area (Å²) in [4.78, 5) is 18.6. The zero-order valence-electron chi connectivity index (χ0n) is 12.4. The van der Waals surface area contributed by atoms with Crippen molar-refractivity contribution in [1.29, 1.82) is 0 Å². The highest BCUT2D eigenvalue weighted by molar-refractivity contribution is 5.92. The molecule has 1 saturated heterocycles. The normalized spacial score (nSPS) is 15.1. The van der Waals surface area contributed by atoms with Crippen LogP contribution in [-0.4, -0.2) is 42.0 Å². The summed E-state index contributed by atoms with van der Waals surface area (Å²) in [7, 11) is 0. The number of nitrogen functional groups attached to an aromatic ring is 1. The average Bonchev–Trinajstić information content (AvgIpc) is 3.19. The van der Waals surface area contributed by atoms with E-state index in [0.717, 1.165) is 19.6 Å². The fourth-order valence-electron chi connectivity index (χ4n) is 2.62. The number of anilines is 1. The summed E-state index contributed by atoms with van der Waals surface area (Å²) >= 11 is 0. The molecule has 0 aliphatic carbocycles. The molecule has 22 heavy (non-hydrogen) atoms. The number of amides is 1. The smallest absolute Gasteiger partial charge is 0.273 e. The summed E-state index contributed by atoms with van der Waals surface area (Å²) in [6.07, 6.45) is 3.87. The molecule has 0 bridgehead atoms. The van der Waals surface area contributed by atoms with Crippen molar-refractivity contribution in [1.82, 2.24) is 15.2 Å². The van der Waals surface area contributed by atoms with Gasteiger partial charge < -0.3 is 20.4 Å². The van der Waals surface area contributed by atoms with E-state index in [9.17, 15) is 4.79 Å². The Kier molecular flexibility index (Phi) is 4.39. The van der Waals surface area contributed by atoms with Crippen LogP contribution in [0.3, 0.4) is 0 Å². The lowest BCUT2D eigenvalue weighted by Gasteiger charge is -2.14. The fraction of sp³-hybridized carbons (Fsp3) is 0.375. The minimum absolute atomic E-state index is 0.219. The molecule has 3 rings (SSSR count). The van der Waals surface area contributed by atoms with Gasteiger partial charge in [0.15, 0.2) is 5.69 Å². The van der Waals surface area contributed by atoms with E-state index in [0.29, 0.717) is 23.7 Å². The molecule has 6 heteroatoms. The third-order valence-electron chi connectivity index (χ3n) is 3.84. The molecule has 116 valence electrons. The highest BCUT2D eigenvalue weighted by Gasteiger charge is 2.15. The Balaban J connectivity index is 1.58. The maximum Gasteiger partial charge on any atom is 0.273 e. The molecule has 0 radical (unpaired) electrons. The number of nitrogens with one attached hydrogen (secondary N) is 1. The molecule has 0 unspecified atom stereocenters. The number of benzene rings is 1. The first-order chi connectivity index (χ1) is 10.7. The molecule has 1 aromatic carbocycles. The van der Waals surface area contributed by atoms with Gasteiger partial charge in [0, 0.05) is 18.8 Å². The summed E-state index contributed by atoms with van der Waals surface area (Å²) < 4.78 is 5.37. The predicted octanol–water partition coefficient (Wildman–Crippen LogP) is 1.75. The van der Waals surface area contributed by atoms with E-state index in [2.05, 4.69) is 15.2 Å². The number of hydrogen-bond donors (Lipinski definition) is 2. The largest absolute Gasteiger partial charge is 0.444 e. The van der Waals surface area contributed by atoms with Crippen molar-refractivity contribution < 1.29 is 9.21 Å². The van der Waals surface area contributed by atoms with Crippen LogP contribution in [0.5, 0.6) is 0 Å². The Morgan fingerprint density at radius 2 is 2.09 bits per heavy atom. The van der Waals surface area contributed by atoms with E-state index in [1.165, 1.54) is 19.1 Å². The van der Waals surface area contributed by atoms with Gasteiger partial charge in [-0.3, -0.25) is 4.79 Å². The molecule has 3 N–H and O–H groups in total.